The lowest BCUT2D eigenvalue weighted by molar-refractivity contribution is -0.190. The number of rotatable bonds is 4. The Morgan fingerprint density at radius 2 is 1.74 bits per heavy atom. The molecule has 1 saturated heterocycles. The minimum atomic E-state index is -0.900. The molecule has 1 aromatic carbocycles. The number of carbonyl (C=O) groups excluding carboxylic acids is 3. The first kappa shape index (κ1) is 15.6. The van der Waals surface area contributed by atoms with E-state index in [1.165, 1.54) is 19.2 Å². The summed E-state index contributed by atoms with van der Waals surface area (Å²) in [5.41, 5.74) is -0.432. The summed E-state index contributed by atoms with van der Waals surface area (Å²) in [6, 6.07) is 6.37. The number of imide groups is 1. The molecule has 0 aromatic heterocycles. The summed E-state index contributed by atoms with van der Waals surface area (Å²) in [5.74, 6) is -1.89. The second-order valence-electron chi connectivity index (χ2n) is 5.65. The van der Waals surface area contributed by atoms with Crippen LogP contribution < -0.4 is 0 Å². The normalized spacial score (nSPS) is 19.6. The van der Waals surface area contributed by atoms with Crippen molar-refractivity contribution in [1.82, 2.24) is 5.06 Å². The van der Waals surface area contributed by atoms with Gasteiger partial charge in [0.2, 0.25) is 0 Å². The van der Waals surface area contributed by atoms with Crippen LogP contribution in [0.4, 0.5) is 0 Å². The number of ether oxygens (including phenoxy) is 2. The van der Waals surface area contributed by atoms with Gasteiger partial charge in [0.25, 0.3) is 11.8 Å². The zero-order valence-electron chi connectivity index (χ0n) is 12.7. The number of nitrogens with zero attached hydrogens (tertiary/aromatic N) is 1. The molecule has 0 bridgehead atoms. The second kappa shape index (κ2) is 6.10. The molecule has 2 amide bonds. The fraction of sp³-hybridized carbons (Fsp3) is 0.438. The van der Waals surface area contributed by atoms with E-state index >= 15 is 0 Å². The second-order valence-corrected chi connectivity index (χ2v) is 5.65. The Balaban J connectivity index is 1.80. The molecular formula is C16H17NO6. The average Bonchev–Trinajstić information content (AvgIpc) is 2.81. The number of hydroxylamine groups is 2. The Bertz CT molecular complexity index is 609. The molecule has 3 rings (SSSR count). The number of carbonyl (C=O) groups is 3. The van der Waals surface area contributed by atoms with Gasteiger partial charge in [0.15, 0.2) is 0 Å². The summed E-state index contributed by atoms with van der Waals surface area (Å²) in [7, 11) is 1.49. The first-order valence-electron chi connectivity index (χ1n) is 7.36. The van der Waals surface area contributed by atoms with E-state index < -0.39 is 23.2 Å². The Kier molecular flexibility index (Phi) is 4.14. The highest BCUT2D eigenvalue weighted by atomic mass is 16.7. The molecule has 0 atom stereocenters. The molecule has 0 spiro atoms. The van der Waals surface area contributed by atoms with Crippen LogP contribution in [0.15, 0.2) is 24.3 Å². The van der Waals surface area contributed by atoms with Crippen molar-refractivity contribution in [1.29, 1.82) is 0 Å². The number of benzene rings is 1. The minimum absolute atomic E-state index is 0.151. The van der Waals surface area contributed by atoms with Crippen molar-refractivity contribution >= 4 is 17.8 Å². The third kappa shape index (κ3) is 2.62. The molecule has 1 fully saturated rings. The van der Waals surface area contributed by atoms with E-state index in [4.69, 9.17) is 14.3 Å². The lowest BCUT2D eigenvalue weighted by atomic mass is 9.81. The number of hydrogen-bond donors (Lipinski definition) is 0. The number of hydrogen-bond acceptors (Lipinski definition) is 6. The maximum absolute atomic E-state index is 12.6. The van der Waals surface area contributed by atoms with Crippen LogP contribution in [0.1, 0.15) is 33.6 Å². The summed E-state index contributed by atoms with van der Waals surface area (Å²) in [5, 5.41) is 0.542. The van der Waals surface area contributed by atoms with Crippen molar-refractivity contribution in [2.75, 3.05) is 26.9 Å². The van der Waals surface area contributed by atoms with Crippen LogP contribution in [-0.2, 0) is 19.1 Å². The summed E-state index contributed by atoms with van der Waals surface area (Å²) in [4.78, 5) is 42.3. The molecule has 1 aromatic rings. The van der Waals surface area contributed by atoms with Gasteiger partial charge in [0.1, 0.15) is 0 Å². The van der Waals surface area contributed by atoms with Crippen molar-refractivity contribution in [3.8, 4) is 0 Å². The van der Waals surface area contributed by atoms with Gasteiger partial charge in [0, 0.05) is 20.3 Å². The Hall–Kier alpha value is -2.25. The zero-order chi connectivity index (χ0) is 16.4. The molecule has 23 heavy (non-hydrogen) atoms. The average molecular weight is 319 g/mol. The third-order valence-electron chi connectivity index (χ3n) is 4.23. The zero-order valence-corrected chi connectivity index (χ0v) is 12.7. The van der Waals surface area contributed by atoms with Gasteiger partial charge in [-0.25, -0.2) is 4.79 Å². The van der Waals surface area contributed by atoms with Crippen LogP contribution in [0.3, 0.4) is 0 Å². The lowest BCUT2D eigenvalue weighted by Gasteiger charge is -2.34. The molecular weight excluding hydrogens is 302 g/mol. The highest BCUT2D eigenvalue weighted by Gasteiger charge is 2.46. The van der Waals surface area contributed by atoms with Crippen LogP contribution in [0.25, 0.3) is 0 Å². The highest BCUT2D eigenvalue weighted by Crippen LogP contribution is 2.34. The number of fused-ring (bicyclic) bond motifs is 1. The standard InChI is InChI=1S/C16H17NO6/c1-21-10-16(6-8-22-9-7-16)15(20)23-17-13(18)11-4-2-3-5-12(11)14(17)19/h2-5H,6-10H2,1H3. The summed E-state index contributed by atoms with van der Waals surface area (Å²) >= 11 is 0. The molecule has 0 radical (unpaired) electrons. The quantitative estimate of drug-likeness (QED) is 0.775. The van der Waals surface area contributed by atoms with Gasteiger partial charge >= 0.3 is 5.97 Å². The van der Waals surface area contributed by atoms with Gasteiger partial charge in [-0.3, -0.25) is 9.59 Å². The van der Waals surface area contributed by atoms with Gasteiger partial charge in [0.05, 0.1) is 23.1 Å². The topological polar surface area (TPSA) is 82.1 Å². The first-order chi connectivity index (χ1) is 11.1. The van der Waals surface area contributed by atoms with E-state index in [0.29, 0.717) is 31.1 Å². The van der Waals surface area contributed by atoms with Crippen LogP contribution in [0, 0.1) is 5.41 Å². The molecule has 0 unspecified atom stereocenters. The Morgan fingerprint density at radius 3 is 2.26 bits per heavy atom. The van der Waals surface area contributed by atoms with Gasteiger partial charge in [-0.1, -0.05) is 17.2 Å². The fourth-order valence-corrected chi connectivity index (χ4v) is 2.88. The molecule has 122 valence electrons. The molecule has 0 aliphatic carbocycles. The Morgan fingerprint density at radius 1 is 1.17 bits per heavy atom. The molecule has 0 N–H and O–H groups in total. The van der Waals surface area contributed by atoms with Gasteiger partial charge in [-0.05, 0) is 25.0 Å². The largest absolute Gasteiger partial charge is 0.383 e. The van der Waals surface area contributed by atoms with Crippen molar-refractivity contribution < 1.29 is 28.7 Å². The molecule has 7 heteroatoms. The maximum atomic E-state index is 12.6. The summed E-state index contributed by atoms with van der Waals surface area (Å²) in [6.45, 7) is 0.958. The van der Waals surface area contributed by atoms with Crippen molar-refractivity contribution in [2.24, 2.45) is 5.41 Å². The molecule has 7 nitrogen and oxygen atoms in total. The van der Waals surface area contributed by atoms with E-state index in [1.54, 1.807) is 12.1 Å². The van der Waals surface area contributed by atoms with Crippen molar-refractivity contribution in [3.05, 3.63) is 35.4 Å². The van der Waals surface area contributed by atoms with E-state index in [0.717, 1.165) is 0 Å². The van der Waals surface area contributed by atoms with E-state index in [2.05, 4.69) is 0 Å². The van der Waals surface area contributed by atoms with Crippen LogP contribution in [0.5, 0.6) is 0 Å². The summed E-state index contributed by atoms with van der Waals surface area (Å²) in [6.07, 6.45) is 0.839. The number of amides is 2. The van der Waals surface area contributed by atoms with Crippen LogP contribution in [-0.4, -0.2) is 49.8 Å². The molecule has 2 heterocycles. The number of methoxy groups -OCH3 is 1. The first-order valence-corrected chi connectivity index (χ1v) is 7.36. The Labute approximate surface area is 133 Å². The van der Waals surface area contributed by atoms with Gasteiger partial charge in [-0.2, -0.15) is 0 Å². The van der Waals surface area contributed by atoms with Gasteiger partial charge in [-0.15, -0.1) is 0 Å². The van der Waals surface area contributed by atoms with Gasteiger partial charge < -0.3 is 14.3 Å². The van der Waals surface area contributed by atoms with Crippen LogP contribution >= 0.6 is 0 Å². The van der Waals surface area contributed by atoms with E-state index in [9.17, 15) is 14.4 Å². The monoisotopic (exact) mass is 319 g/mol. The van der Waals surface area contributed by atoms with Crippen molar-refractivity contribution in [2.45, 2.75) is 12.8 Å². The SMILES string of the molecule is COCC1(C(=O)ON2C(=O)c3ccccc3C2=O)CCOCC1. The molecule has 2 aliphatic heterocycles. The third-order valence-corrected chi connectivity index (χ3v) is 4.23. The minimum Gasteiger partial charge on any atom is -0.383 e. The smallest absolute Gasteiger partial charge is 0.341 e. The summed E-state index contributed by atoms with van der Waals surface area (Å²) < 4.78 is 10.4. The lowest BCUT2D eigenvalue weighted by Crippen LogP contribution is -2.46. The predicted molar refractivity (Wildman–Crippen MR) is 77.4 cm³/mol. The van der Waals surface area contributed by atoms with E-state index in [1.807, 2.05) is 0 Å². The maximum Gasteiger partial charge on any atom is 0.341 e. The van der Waals surface area contributed by atoms with Crippen molar-refractivity contribution in [3.63, 3.8) is 0 Å². The fourth-order valence-electron chi connectivity index (χ4n) is 2.88. The van der Waals surface area contributed by atoms with Crippen LogP contribution in [0.2, 0.25) is 0 Å². The predicted octanol–water partition coefficient (Wildman–Crippen LogP) is 1.18. The van der Waals surface area contributed by atoms with E-state index in [-0.39, 0.29) is 17.7 Å². The molecule has 0 saturated carbocycles. The highest BCUT2D eigenvalue weighted by molar-refractivity contribution is 6.20. The molecule has 2 aliphatic rings.